The highest BCUT2D eigenvalue weighted by Crippen LogP contribution is 2.54. The van der Waals surface area contributed by atoms with E-state index in [2.05, 4.69) is 5.32 Å². The third-order valence-electron chi connectivity index (χ3n) is 4.07. The number of Topliss-reactive ketones (excluding diaryl/α,β-unsaturated/α-hetero) is 1. The molecule has 2 aromatic carbocycles. The molecule has 2 aliphatic rings. The summed E-state index contributed by atoms with van der Waals surface area (Å²) in [6.45, 7) is 1.95. The highest BCUT2D eigenvalue weighted by molar-refractivity contribution is 6.15. The lowest BCUT2D eigenvalue weighted by atomic mass is 9.91. The van der Waals surface area contributed by atoms with Crippen LogP contribution >= 0.6 is 0 Å². The number of ketones is 1. The largest absolute Gasteiger partial charge is 0.342 e. The average Bonchev–Trinajstić information content (AvgIpc) is 3.19. The zero-order valence-electron chi connectivity index (χ0n) is 11.4. The molecule has 4 heteroatoms. The Morgan fingerprint density at radius 2 is 1.95 bits per heavy atom. The van der Waals surface area contributed by atoms with Gasteiger partial charge in [0.05, 0.1) is 0 Å². The number of hydrogen-bond acceptors (Lipinski definition) is 3. The molecule has 2 unspecified atom stereocenters. The average molecular weight is 279 g/mol. The van der Waals surface area contributed by atoms with Gasteiger partial charge in [0.25, 0.3) is 5.91 Å². The number of rotatable bonds is 2. The molecule has 4 nitrogen and oxygen atoms in total. The second kappa shape index (κ2) is 4.02. The van der Waals surface area contributed by atoms with Gasteiger partial charge >= 0.3 is 0 Å². The van der Waals surface area contributed by atoms with Gasteiger partial charge in [-0.15, -0.1) is 0 Å². The molecule has 4 rings (SSSR count). The maximum Gasteiger partial charge on any atom is 0.264 e. The van der Waals surface area contributed by atoms with Gasteiger partial charge in [0.15, 0.2) is 11.9 Å². The van der Waals surface area contributed by atoms with E-state index >= 15 is 0 Å². The molecule has 104 valence electrons. The van der Waals surface area contributed by atoms with Crippen LogP contribution in [-0.4, -0.2) is 17.8 Å². The molecule has 1 fully saturated rings. The standard InChI is InChI=1S/C17H13NO3/c1-10-7-8-13-12(9-10)17(16(20)18-13)15(21-17)14(19)11-5-3-2-4-6-11/h2-9,15H,1H3,(H,18,20). The van der Waals surface area contributed by atoms with E-state index in [0.29, 0.717) is 5.56 Å². The number of carbonyl (C=O) groups is 2. The van der Waals surface area contributed by atoms with Crippen molar-refractivity contribution in [3.63, 3.8) is 0 Å². The minimum atomic E-state index is -1.13. The van der Waals surface area contributed by atoms with Crippen LogP contribution in [0.1, 0.15) is 21.5 Å². The van der Waals surface area contributed by atoms with E-state index in [1.54, 1.807) is 24.3 Å². The van der Waals surface area contributed by atoms with E-state index in [-0.39, 0.29) is 11.7 Å². The molecule has 0 radical (unpaired) electrons. The summed E-state index contributed by atoms with van der Waals surface area (Å²) < 4.78 is 5.61. The smallest absolute Gasteiger partial charge is 0.264 e. The van der Waals surface area contributed by atoms with Gasteiger partial charge in [-0.3, -0.25) is 9.59 Å². The number of fused-ring (bicyclic) bond motifs is 2. The minimum Gasteiger partial charge on any atom is -0.342 e. The van der Waals surface area contributed by atoms with E-state index in [4.69, 9.17) is 4.74 Å². The third kappa shape index (κ3) is 1.59. The maximum atomic E-state index is 12.5. The van der Waals surface area contributed by atoms with E-state index in [0.717, 1.165) is 16.8 Å². The molecule has 1 spiro atoms. The van der Waals surface area contributed by atoms with Gasteiger partial charge in [-0.1, -0.05) is 48.0 Å². The fourth-order valence-electron chi connectivity index (χ4n) is 2.93. The predicted octanol–water partition coefficient (Wildman–Crippen LogP) is 2.42. The highest BCUT2D eigenvalue weighted by Gasteiger charge is 2.70. The monoisotopic (exact) mass is 279 g/mol. The van der Waals surface area contributed by atoms with Gasteiger partial charge in [-0.05, 0) is 13.0 Å². The molecule has 2 heterocycles. The Hall–Kier alpha value is -2.46. The number of epoxide rings is 1. The first-order valence-corrected chi connectivity index (χ1v) is 6.82. The van der Waals surface area contributed by atoms with Crippen LogP contribution in [0.25, 0.3) is 0 Å². The van der Waals surface area contributed by atoms with Crippen LogP contribution in [0.3, 0.4) is 0 Å². The summed E-state index contributed by atoms with van der Waals surface area (Å²) in [6.07, 6.45) is -0.733. The van der Waals surface area contributed by atoms with Crippen LogP contribution in [0.5, 0.6) is 0 Å². The molecule has 0 aromatic heterocycles. The first kappa shape index (κ1) is 12.3. The molecule has 1 N–H and O–H groups in total. The van der Waals surface area contributed by atoms with Gasteiger partial charge < -0.3 is 10.1 Å². The van der Waals surface area contributed by atoms with Crippen molar-refractivity contribution in [2.75, 3.05) is 5.32 Å². The van der Waals surface area contributed by atoms with Crippen molar-refractivity contribution >= 4 is 17.4 Å². The van der Waals surface area contributed by atoms with Gasteiger partial charge in [0.2, 0.25) is 5.60 Å². The molecule has 1 amide bonds. The molecule has 2 aromatic rings. The first-order chi connectivity index (χ1) is 10.1. The lowest BCUT2D eigenvalue weighted by molar-refractivity contribution is -0.120. The molecule has 2 aliphatic heterocycles. The number of anilines is 1. The lowest BCUT2D eigenvalue weighted by Crippen LogP contribution is -2.27. The van der Waals surface area contributed by atoms with Gasteiger partial charge in [-0.2, -0.15) is 0 Å². The van der Waals surface area contributed by atoms with Crippen molar-refractivity contribution in [1.82, 2.24) is 0 Å². The topological polar surface area (TPSA) is 58.7 Å². The summed E-state index contributed by atoms with van der Waals surface area (Å²) in [5.74, 6) is -0.405. The summed E-state index contributed by atoms with van der Waals surface area (Å²) in [7, 11) is 0. The molecule has 2 atom stereocenters. The number of amides is 1. The molecule has 0 saturated carbocycles. The van der Waals surface area contributed by atoms with Crippen molar-refractivity contribution < 1.29 is 14.3 Å². The van der Waals surface area contributed by atoms with Crippen LogP contribution in [0.2, 0.25) is 0 Å². The lowest BCUT2D eigenvalue weighted by Gasteiger charge is -2.04. The normalized spacial score (nSPS) is 25.6. The van der Waals surface area contributed by atoms with Crippen LogP contribution in [0, 0.1) is 6.92 Å². The Balaban J connectivity index is 1.74. The van der Waals surface area contributed by atoms with Crippen molar-refractivity contribution in [1.29, 1.82) is 0 Å². The summed E-state index contributed by atoms with van der Waals surface area (Å²) in [5, 5.41) is 2.80. The SMILES string of the molecule is Cc1ccc2c(c1)C1(OC1C(=O)c1ccccc1)C(=O)N2. The second-order valence-electron chi connectivity index (χ2n) is 5.47. The fraction of sp³-hybridized carbons (Fsp3) is 0.176. The summed E-state index contributed by atoms with van der Waals surface area (Å²) >= 11 is 0. The number of nitrogens with one attached hydrogen (secondary N) is 1. The predicted molar refractivity (Wildman–Crippen MR) is 77.1 cm³/mol. The Bertz CT molecular complexity index is 769. The second-order valence-corrected chi connectivity index (χ2v) is 5.47. The maximum absolute atomic E-state index is 12.5. The summed E-state index contributed by atoms with van der Waals surface area (Å²) in [5.41, 5.74) is 1.96. The van der Waals surface area contributed by atoms with Gasteiger partial charge in [0.1, 0.15) is 0 Å². The van der Waals surface area contributed by atoms with E-state index < -0.39 is 11.7 Å². The van der Waals surface area contributed by atoms with Crippen LogP contribution in [-0.2, 0) is 15.1 Å². The van der Waals surface area contributed by atoms with Crippen LogP contribution < -0.4 is 5.32 Å². The zero-order valence-corrected chi connectivity index (χ0v) is 11.4. The molecular formula is C17H13NO3. The van der Waals surface area contributed by atoms with E-state index in [9.17, 15) is 9.59 Å². The number of hydrogen-bond donors (Lipinski definition) is 1. The Labute approximate surface area is 121 Å². The van der Waals surface area contributed by atoms with Gasteiger partial charge in [0, 0.05) is 16.8 Å². The summed E-state index contributed by atoms with van der Waals surface area (Å²) in [6, 6.07) is 14.6. The Morgan fingerprint density at radius 1 is 1.19 bits per heavy atom. The van der Waals surface area contributed by atoms with Gasteiger partial charge in [-0.25, -0.2) is 0 Å². The van der Waals surface area contributed by atoms with E-state index in [1.807, 2.05) is 31.2 Å². The van der Waals surface area contributed by atoms with Crippen molar-refractivity contribution in [3.05, 3.63) is 65.2 Å². The number of carbonyl (C=O) groups excluding carboxylic acids is 2. The van der Waals surface area contributed by atoms with Crippen molar-refractivity contribution in [3.8, 4) is 0 Å². The first-order valence-electron chi connectivity index (χ1n) is 6.82. The Morgan fingerprint density at radius 3 is 2.71 bits per heavy atom. The summed E-state index contributed by atoms with van der Waals surface area (Å²) in [4.78, 5) is 24.8. The molecule has 0 aliphatic carbocycles. The molecular weight excluding hydrogens is 266 g/mol. The number of aryl methyl sites for hydroxylation is 1. The molecule has 1 saturated heterocycles. The zero-order chi connectivity index (χ0) is 14.6. The minimum absolute atomic E-state index is 0.153. The quantitative estimate of drug-likeness (QED) is 0.678. The number of ether oxygens (including phenoxy) is 1. The van der Waals surface area contributed by atoms with Crippen molar-refractivity contribution in [2.24, 2.45) is 0 Å². The fourth-order valence-corrected chi connectivity index (χ4v) is 2.93. The van der Waals surface area contributed by atoms with Crippen molar-refractivity contribution in [2.45, 2.75) is 18.6 Å². The molecule has 0 bridgehead atoms. The highest BCUT2D eigenvalue weighted by atomic mass is 16.6. The third-order valence-corrected chi connectivity index (χ3v) is 4.07. The number of benzene rings is 2. The van der Waals surface area contributed by atoms with Crippen LogP contribution in [0.4, 0.5) is 5.69 Å². The van der Waals surface area contributed by atoms with Crippen LogP contribution in [0.15, 0.2) is 48.5 Å². The van der Waals surface area contributed by atoms with E-state index in [1.165, 1.54) is 0 Å². The Kier molecular flexibility index (Phi) is 2.35. The molecule has 21 heavy (non-hydrogen) atoms.